The van der Waals surface area contributed by atoms with E-state index in [1.807, 2.05) is 18.2 Å². The minimum absolute atomic E-state index is 0.530. The molecule has 0 radical (unpaired) electrons. The summed E-state index contributed by atoms with van der Waals surface area (Å²) in [5, 5.41) is 3.45. The minimum atomic E-state index is 0.530. The Morgan fingerprint density at radius 1 is 1.50 bits per heavy atom. The van der Waals surface area contributed by atoms with Gasteiger partial charge in [0.15, 0.2) is 0 Å². The van der Waals surface area contributed by atoms with Crippen LogP contribution in [0.2, 0.25) is 0 Å². The van der Waals surface area contributed by atoms with Crippen molar-refractivity contribution in [3.63, 3.8) is 0 Å². The normalized spacial score (nSPS) is 19.3. The fraction of sp³-hybridized carbons (Fsp3) is 0.538. The van der Waals surface area contributed by atoms with Crippen LogP contribution in [0.15, 0.2) is 18.2 Å². The van der Waals surface area contributed by atoms with Crippen LogP contribution in [0, 0.1) is 5.92 Å². The van der Waals surface area contributed by atoms with Crippen LogP contribution in [0.3, 0.4) is 0 Å². The SMILES string of the molecule is CC(C)NCC1COc2ccc(N)cc2C1. The van der Waals surface area contributed by atoms with Crippen LogP contribution in [0.1, 0.15) is 19.4 Å². The summed E-state index contributed by atoms with van der Waals surface area (Å²) < 4.78 is 5.73. The van der Waals surface area contributed by atoms with Crippen molar-refractivity contribution in [3.8, 4) is 5.75 Å². The molecule has 1 aliphatic heterocycles. The van der Waals surface area contributed by atoms with Gasteiger partial charge < -0.3 is 15.8 Å². The van der Waals surface area contributed by atoms with Gasteiger partial charge in [0, 0.05) is 24.2 Å². The molecular formula is C13H20N2O. The molecule has 0 saturated carbocycles. The smallest absolute Gasteiger partial charge is 0.122 e. The highest BCUT2D eigenvalue weighted by Gasteiger charge is 2.19. The van der Waals surface area contributed by atoms with Gasteiger partial charge in [0.1, 0.15) is 5.75 Å². The van der Waals surface area contributed by atoms with E-state index in [0.29, 0.717) is 12.0 Å². The van der Waals surface area contributed by atoms with Gasteiger partial charge in [-0.3, -0.25) is 0 Å². The lowest BCUT2D eigenvalue weighted by atomic mass is 9.96. The summed E-state index contributed by atoms with van der Waals surface area (Å²) in [7, 11) is 0. The largest absolute Gasteiger partial charge is 0.493 e. The van der Waals surface area contributed by atoms with Crippen molar-refractivity contribution in [1.82, 2.24) is 5.32 Å². The van der Waals surface area contributed by atoms with Crippen LogP contribution in [-0.2, 0) is 6.42 Å². The first-order valence-electron chi connectivity index (χ1n) is 5.89. The second kappa shape index (κ2) is 4.74. The van der Waals surface area contributed by atoms with Gasteiger partial charge in [-0.05, 0) is 30.2 Å². The zero-order valence-electron chi connectivity index (χ0n) is 9.99. The van der Waals surface area contributed by atoms with Crippen LogP contribution in [-0.4, -0.2) is 19.2 Å². The van der Waals surface area contributed by atoms with E-state index in [1.54, 1.807) is 0 Å². The van der Waals surface area contributed by atoms with Gasteiger partial charge in [-0.15, -0.1) is 0 Å². The number of anilines is 1. The van der Waals surface area contributed by atoms with Crippen molar-refractivity contribution < 1.29 is 4.74 Å². The Balaban J connectivity index is 1.99. The summed E-state index contributed by atoms with van der Waals surface area (Å²) in [6.07, 6.45) is 1.06. The fourth-order valence-electron chi connectivity index (χ4n) is 2.01. The molecule has 1 atom stereocenters. The van der Waals surface area contributed by atoms with Crippen molar-refractivity contribution >= 4 is 5.69 Å². The van der Waals surface area contributed by atoms with Gasteiger partial charge in [-0.2, -0.15) is 0 Å². The molecular weight excluding hydrogens is 200 g/mol. The summed E-state index contributed by atoms with van der Waals surface area (Å²) in [5.74, 6) is 1.55. The topological polar surface area (TPSA) is 47.3 Å². The Bertz CT molecular complexity index is 363. The van der Waals surface area contributed by atoms with Crippen LogP contribution in [0.5, 0.6) is 5.75 Å². The Morgan fingerprint density at radius 2 is 2.31 bits per heavy atom. The molecule has 0 amide bonds. The average Bonchev–Trinajstić information content (AvgIpc) is 2.25. The predicted octanol–water partition coefficient (Wildman–Crippen LogP) is 1.82. The Labute approximate surface area is 97.0 Å². The Kier molecular flexibility index (Phi) is 3.34. The maximum absolute atomic E-state index is 5.78. The quantitative estimate of drug-likeness (QED) is 0.764. The molecule has 0 aromatic heterocycles. The summed E-state index contributed by atoms with van der Waals surface area (Å²) in [6.45, 7) is 6.13. The van der Waals surface area contributed by atoms with Gasteiger partial charge >= 0.3 is 0 Å². The van der Waals surface area contributed by atoms with Crippen molar-refractivity contribution in [3.05, 3.63) is 23.8 Å². The molecule has 0 fully saturated rings. The fourth-order valence-corrected chi connectivity index (χ4v) is 2.01. The summed E-state index contributed by atoms with van der Waals surface area (Å²) in [6, 6.07) is 6.42. The summed E-state index contributed by atoms with van der Waals surface area (Å²) in [4.78, 5) is 0. The van der Waals surface area contributed by atoms with E-state index in [0.717, 1.165) is 31.0 Å². The molecule has 0 spiro atoms. The molecule has 16 heavy (non-hydrogen) atoms. The lowest BCUT2D eigenvalue weighted by Crippen LogP contribution is -2.34. The number of fused-ring (bicyclic) bond motifs is 1. The molecule has 1 aromatic rings. The monoisotopic (exact) mass is 220 g/mol. The second-order valence-electron chi connectivity index (χ2n) is 4.81. The number of hydrogen-bond donors (Lipinski definition) is 2. The van der Waals surface area contributed by atoms with Crippen molar-refractivity contribution in [1.29, 1.82) is 0 Å². The number of nitrogens with one attached hydrogen (secondary N) is 1. The molecule has 3 nitrogen and oxygen atoms in total. The highest BCUT2D eigenvalue weighted by Crippen LogP contribution is 2.28. The number of hydrogen-bond acceptors (Lipinski definition) is 3. The van der Waals surface area contributed by atoms with Gasteiger partial charge in [-0.25, -0.2) is 0 Å². The molecule has 1 aromatic carbocycles. The minimum Gasteiger partial charge on any atom is -0.493 e. The number of rotatable bonds is 3. The van der Waals surface area contributed by atoms with E-state index in [9.17, 15) is 0 Å². The molecule has 0 aliphatic carbocycles. The average molecular weight is 220 g/mol. The summed E-state index contributed by atoms with van der Waals surface area (Å²) >= 11 is 0. The highest BCUT2D eigenvalue weighted by atomic mass is 16.5. The van der Waals surface area contributed by atoms with E-state index in [2.05, 4.69) is 19.2 Å². The van der Waals surface area contributed by atoms with Crippen LogP contribution >= 0.6 is 0 Å². The van der Waals surface area contributed by atoms with Crippen LogP contribution in [0.25, 0.3) is 0 Å². The van der Waals surface area contributed by atoms with Crippen molar-refractivity contribution in [2.24, 2.45) is 5.92 Å². The first-order valence-corrected chi connectivity index (χ1v) is 5.89. The standard InChI is InChI=1S/C13H20N2O/c1-9(2)15-7-10-5-11-6-12(14)3-4-13(11)16-8-10/h3-4,6,9-10,15H,5,7-8,14H2,1-2H3. The first-order chi connectivity index (χ1) is 7.65. The molecule has 88 valence electrons. The number of benzene rings is 1. The van der Waals surface area contributed by atoms with E-state index < -0.39 is 0 Å². The highest BCUT2D eigenvalue weighted by molar-refractivity contribution is 5.48. The molecule has 2 rings (SSSR count). The zero-order valence-corrected chi connectivity index (χ0v) is 9.99. The van der Waals surface area contributed by atoms with Gasteiger partial charge in [0.05, 0.1) is 6.61 Å². The lowest BCUT2D eigenvalue weighted by Gasteiger charge is -2.26. The maximum atomic E-state index is 5.78. The third kappa shape index (κ3) is 2.67. The van der Waals surface area contributed by atoms with Gasteiger partial charge in [0.25, 0.3) is 0 Å². The molecule has 1 unspecified atom stereocenters. The number of ether oxygens (including phenoxy) is 1. The van der Waals surface area contributed by atoms with Gasteiger partial charge in [-0.1, -0.05) is 13.8 Å². The van der Waals surface area contributed by atoms with Crippen molar-refractivity contribution in [2.45, 2.75) is 26.3 Å². The third-order valence-corrected chi connectivity index (χ3v) is 2.88. The third-order valence-electron chi connectivity index (χ3n) is 2.88. The van der Waals surface area contributed by atoms with E-state index in [-0.39, 0.29) is 0 Å². The van der Waals surface area contributed by atoms with Crippen LogP contribution in [0.4, 0.5) is 5.69 Å². The molecule has 0 saturated heterocycles. The molecule has 3 heteroatoms. The maximum Gasteiger partial charge on any atom is 0.122 e. The first kappa shape index (κ1) is 11.3. The molecule has 0 bridgehead atoms. The Morgan fingerprint density at radius 3 is 3.06 bits per heavy atom. The van der Waals surface area contributed by atoms with Gasteiger partial charge in [0.2, 0.25) is 0 Å². The predicted molar refractivity (Wildman–Crippen MR) is 66.7 cm³/mol. The molecule has 1 heterocycles. The van der Waals surface area contributed by atoms with E-state index in [4.69, 9.17) is 10.5 Å². The van der Waals surface area contributed by atoms with Crippen molar-refractivity contribution in [2.75, 3.05) is 18.9 Å². The second-order valence-corrected chi connectivity index (χ2v) is 4.81. The molecule has 3 N–H and O–H groups in total. The number of nitrogens with two attached hydrogens (primary N) is 1. The summed E-state index contributed by atoms with van der Waals surface area (Å²) in [5.41, 5.74) is 7.84. The van der Waals surface area contributed by atoms with Crippen LogP contribution < -0.4 is 15.8 Å². The zero-order chi connectivity index (χ0) is 11.5. The lowest BCUT2D eigenvalue weighted by molar-refractivity contribution is 0.216. The van der Waals surface area contributed by atoms with E-state index in [1.165, 1.54) is 5.56 Å². The number of nitrogen functional groups attached to an aromatic ring is 1. The molecule has 1 aliphatic rings. The Hall–Kier alpha value is -1.22. The van der Waals surface area contributed by atoms with E-state index >= 15 is 0 Å².